The van der Waals surface area contributed by atoms with E-state index in [2.05, 4.69) is 17.0 Å². The number of piperidine rings is 1. The van der Waals surface area contributed by atoms with Crippen LogP contribution in [0.25, 0.3) is 0 Å². The molecule has 2 unspecified atom stereocenters. The molecule has 0 aromatic carbocycles. The van der Waals surface area contributed by atoms with Crippen LogP contribution in [-0.2, 0) is 10.0 Å². The maximum absolute atomic E-state index is 11.9. The lowest BCUT2D eigenvalue weighted by Crippen LogP contribution is -2.49. The van der Waals surface area contributed by atoms with Crippen molar-refractivity contribution in [2.24, 2.45) is 5.41 Å². The van der Waals surface area contributed by atoms with Gasteiger partial charge in [-0.15, -0.1) is 0 Å². The van der Waals surface area contributed by atoms with Crippen LogP contribution in [-0.4, -0.2) is 32.8 Å². The maximum atomic E-state index is 11.9. The van der Waals surface area contributed by atoms with Crippen LogP contribution in [0.1, 0.15) is 40.5 Å². The van der Waals surface area contributed by atoms with Gasteiger partial charge in [0.1, 0.15) is 0 Å². The Morgan fingerprint density at radius 2 is 1.94 bits per heavy atom. The minimum Gasteiger partial charge on any atom is -0.313 e. The summed E-state index contributed by atoms with van der Waals surface area (Å²) in [5, 5.41) is 3.29. The smallest absolute Gasteiger partial charge is 0.212 e. The average molecular weight is 248 g/mol. The molecule has 1 heterocycles. The molecule has 0 aromatic heterocycles. The normalized spacial score (nSPS) is 28.0. The van der Waals surface area contributed by atoms with E-state index in [9.17, 15) is 8.42 Å². The van der Waals surface area contributed by atoms with Gasteiger partial charge in [-0.2, -0.15) is 0 Å². The lowest BCUT2D eigenvalue weighted by Gasteiger charge is -2.29. The van der Waals surface area contributed by atoms with Crippen molar-refractivity contribution in [2.75, 3.05) is 12.3 Å². The summed E-state index contributed by atoms with van der Waals surface area (Å²) in [6.07, 6.45) is 1.96. The Hall–Kier alpha value is -0.130. The number of hydrogen-bond donors (Lipinski definition) is 2. The van der Waals surface area contributed by atoms with Gasteiger partial charge in [-0.25, -0.2) is 13.1 Å². The van der Waals surface area contributed by atoms with E-state index in [1.807, 2.05) is 20.8 Å². The molecule has 0 spiro atoms. The molecule has 2 atom stereocenters. The minimum absolute atomic E-state index is 0.0588. The van der Waals surface area contributed by atoms with Crippen molar-refractivity contribution < 1.29 is 8.42 Å². The Kier molecular flexibility index (Phi) is 4.37. The molecule has 0 aliphatic carbocycles. The Morgan fingerprint density at radius 3 is 2.38 bits per heavy atom. The van der Waals surface area contributed by atoms with Crippen molar-refractivity contribution in [1.82, 2.24) is 10.0 Å². The first-order chi connectivity index (χ1) is 7.18. The molecule has 4 nitrogen and oxygen atoms in total. The Bertz CT molecular complexity index is 311. The van der Waals surface area contributed by atoms with Crippen LogP contribution in [0.15, 0.2) is 0 Å². The first-order valence-electron chi connectivity index (χ1n) is 5.91. The molecule has 0 saturated carbocycles. The van der Waals surface area contributed by atoms with Gasteiger partial charge in [0, 0.05) is 18.6 Å². The number of sulfonamides is 1. The van der Waals surface area contributed by atoms with Gasteiger partial charge < -0.3 is 5.32 Å². The summed E-state index contributed by atoms with van der Waals surface area (Å²) in [4.78, 5) is 0. The van der Waals surface area contributed by atoms with Crippen LogP contribution in [0.5, 0.6) is 0 Å². The van der Waals surface area contributed by atoms with Crippen molar-refractivity contribution in [1.29, 1.82) is 0 Å². The van der Waals surface area contributed by atoms with E-state index in [0.717, 1.165) is 19.4 Å². The summed E-state index contributed by atoms with van der Waals surface area (Å²) in [5.41, 5.74) is -0.193. The number of hydrogen-bond acceptors (Lipinski definition) is 3. The van der Waals surface area contributed by atoms with Gasteiger partial charge in [0.05, 0.1) is 5.75 Å². The predicted molar refractivity (Wildman–Crippen MR) is 66.9 cm³/mol. The third-order valence-corrected chi connectivity index (χ3v) is 4.57. The molecule has 0 amide bonds. The molecule has 1 fully saturated rings. The molecule has 16 heavy (non-hydrogen) atoms. The van der Waals surface area contributed by atoms with E-state index in [1.54, 1.807) is 0 Å². The third kappa shape index (κ3) is 5.27. The van der Waals surface area contributed by atoms with Crippen LogP contribution in [0.4, 0.5) is 0 Å². The topological polar surface area (TPSA) is 58.2 Å². The Labute approximate surface area is 99.2 Å². The zero-order valence-electron chi connectivity index (χ0n) is 10.7. The van der Waals surface area contributed by atoms with Gasteiger partial charge in [0.25, 0.3) is 0 Å². The van der Waals surface area contributed by atoms with Gasteiger partial charge >= 0.3 is 0 Å². The summed E-state index contributed by atoms with van der Waals surface area (Å²) in [7, 11) is -3.15. The Morgan fingerprint density at radius 1 is 1.31 bits per heavy atom. The molecule has 2 N–H and O–H groups in total. The molecule has 1 aliphatic rings. The molecule has 5 heteroatoms. The van der Waals surface area contributed by atoms with Gasteiger partial charge in [-0.3, -0.25) is 0 Å². The molecule has 1 saturated heterocycles. The molecule has 1 rings (SSSR count). The number of rotatable bonds is 3. The predicted octanol–water partition coefficient (Wildman–Crippen LogP) is 1.09. The van der Waals surface area contributed by atoms with Crippen LogP contribution in [0.3, 0.4) is 0 Å². The van der Waals surface area contributed by atoms with E-state index >= 15 is 0 Å². The molecule has 96 valence electrons. The lowest BCUT2D eigenvalue weighted by molar-refractivity contribution is 0.363. The fourth-order valence-electron chi connectivity index (χ4n) is 1.97. The highest BCUT2D eigenvalue weighted by Crippen LogP contribution is 2.16. The first kappa shape index (κ1) is 13.9. The molecule has 0 aromatic rings. The average Bonchev–Trinajstić information content (AvgIpc) is 2.04. The third-order valence-electron chi connectivity index (χ3n) is 2.63. The summed E-state index contributed by atoms with van der Waals surface area (Å²) in [5.74, 6) is 0.187. The molecule has 1 aliphatic heterocycles. The van der Waals surface area contributed by atoms with Crippen LogP contribution in [0.2, 0.25) is 0 Å². The second-order valence-electron chi connectivity index (χ2n) is 6.02. The SMILES string of the molecule is CC1CCC(NS(=O)(=O)CC(C)(C)C)CN1. The van der Waals surface area contributed by atoms with Gasteiger partial charge in [-0.1, -0.05) is 20.8 Å². The van der Waals surface area contributed by atoms with Crippen molar-refractivity contribution >= 4 is 10.0 Å². The largest absolute Gasteiger partial charge is 0.313 e. The molecular weight excluding hydrogens is 224 g/mol. The zero-order chi connectivity index (χ0) is 12.4. The molecule has 0 radical (unpaired) electrons. The quantitative estimate of drug-likeness (QED) is 0.786. The van der Waals surface area contributed by atoms with E-state index < -0.39 is 10.0 Å². The summed E-state index contributed by atoms with van der Waals surface area (Å²) in [6, 6.07) is 0.562. The fraction of sp³-hybridized carbons (Fsp3) is 1.00. The highest BCUT2D eigenvalue weighted by Gasteiger charge is 2.26. The van der Waals surface area contributed by atoms with Gasteiger partial charge in [0.15, 0.2) is 0 Å². The number of nitrogens with one attached hydrogen (secondary N) is 2. The van der Waals surface area contributed by atoms with Crippen molar-refractivity contribution in [2.45, 2.75) is 52.6 Å². The van der Waals surface area contributed by atoms with Gasteiger partial charge in [-0.05, 0) is 25.2 Å². The molecular formula is C11H24N2O2S. The summed E-state index contributed by atoms with van der Waals surface area (Å²) < 4.78 is 26.5. The monoisotopic (exact) mass is 248 g/mol. The van der Waals surface area contributed by atoms with Crippen LogP contribution >= 0.6 is 0 Å². The van der Waals surface area contributed by atoms with E-state index in [-0.39, 0.29) is 17.2 Å². The van der Waals surface area contributed by atoms with E-state index in [4.69, 9.17) is 0 Å². The van der Waals surface area contributed by atoms with E-state index in [1.165, 1.54) is 0 Å². The van der Waals surface area contributed by atoms with Crippen molar-refractivity contribution in [3.8, 4) is 0 Å². The fourth-order valence-corrected chi connectivity index (χ4v) is 3.90. The summed E-state index contributed by atoms with van der Waals surface area (Å²) >= 11 is 0. The summed E-state index contributed by atoms with van der Waals surface area (Å²) in [6.45, 7) is 8.68. The minimum atomic E-state index is -3.15. The van der Waals surface area contributed by atoms with E-state index in [0.29, 0.717) is 6.04 Å². The highest BCUT2D eigenvalue weighted by atomic mass is 32.2. The van der Waals surface area contributed by atoms with Crippen LogP contribution < -0.4 is 10.0 Å². The maximum Gasteiger partial charge on any atom is 0.212 e. The zero-order valence-corrected chi connectivity index (χ0v) is 11.5. The standard InChI is InChI=1S/C11H24N2O2S/c1-9-5-6-10(7-12-9)13-16(14,15)8-11(2,3)4/h9-10,12-13H,5-8H2,1-4H3. The second-order valence-corrected chi connectivity index (χ2v) is 7.78. The highest BCUT2D eigenvalue weighted by molar-refractivity contribution is 7.89. The molecule has 0 bridgehead atoms. The van der Waals surface area contributed by atoms with Crippen LogP contribution in [0, 0.1) is 5.41 Å². The Balaban J connectivity index is 2.47. The lowest BCUT2D eigenvalue weighted by atomic mass is 10.0. The van der Waals surface area contributed by atoms with Gasteiger partial charge in [0.2, 0.25) is 10.0 Å². The second kappa shape index (κ2) is 5.02. The van der Waals surface area contributed by atoms with Crippen molar-refractivity contribution in [3.63, 3.8) is 0 Å². The first-order valence-corrected chi connectivity index (χ1v) is 7.56. The van der Waals surface area contributed by atoms with Crippen molar-refractivity contribution in [3.05, 3.63) is 0 Å².